The minimum atomic E-state index is -0.418. The van der Waals surface area contributed by atoms with Crippen molar-refractivity contribution in [2.45, 2.75) is 6.54 Å². The van der Waals surface area contributed by atoms with E-state index in [9.17, 15) is 4.79 Å². The summed E-state index contributed by atoms with van der Waals surface area (Å²) in [6.07, 6.45) is 0. The Labute approximate surface area is 112 Å². The fourth-order valence-corrected chi connectivity index (χ4v) is 1.71. The smallest absolute Gasteiger partial charge is 0.253 e. The van der Waals surface area contributed by atoms with Crippen molar-refractivity contribution >= 4 is 34.8 Å². The highest BCUT2D eigenvalue weighted by Crippen LogP contribution is 2.28. The minimum absolute atomic E-state index is 0.123. The SMILES string of the molecule is Nc1cc(Cl)c(Cl)c(C(=O)NCc2nn[nH]n2)c1. The largest absolute Gasteiger partial charge is 0.399 e. The van der Waals surface area contributed by atoms with E-state index < -0.39 is 5.91 Å². The minimum Gasteiger partial charge on any atom is -0.399 e. The molecule has 2 rings (SSSR count). The van der Waals surface area contributed by atoms with Crippen LogP contribution in [0.15, 0.2) is 12.1 Å². The molecule has 0 unspecified atom stereocenters. The van der Waals surface area contributed by atoms with Crippen LogP contribution in [0.2, 0.25) is 10.0 Å². The van der Waals surface area contributed by atoms with E-state index in [4.69, 9.17) is 28.9 Å². The Morgan fingerprint density at radius 1 is 1.44 bits per heavy atom. The number of nitrogens with two attached hydrogens (primary N) is 1. The number of nitrogens with one attached hydrogen (secondary N) is 2. The van der Waals surface area contributed by atoms with Gasteiger partial charge in [0.05, 0.1) is 22.2 Å². The Balaban J connectivity index is 2.14. The average Bonchev–Trinajstić information content (AvgIpc) is 2.83. The molecule has 0 bridgehead atoms. The molecule has 9 heteroatoms. The number of carbonyl (C=O) groups excluding carboxylic acids is 1. The molecule has 1 amide bonds. The van der Waals surface area contributed by atoms with E-state index in [1.807, 2.05) is 0 Å². The molecular formula is C9H8Cl2N6O. The molecular weight excluding hydrogens is 279 g/mol. The van der Waals surface area contributed by atoms with E-state index in [2.05, 4.69) is 25.9 Å². The van der Waals surface area contributed by atoms with Gasteiger partial charge in [-0.25, -0.2) is 0 Å². The normalized spacial score (nSPS) is 10.3. The van der Waals surface area contributed by atoms with Gasteiger partial charge in [-0.3, -0.25) is 4.79 Å². The molecule has 7 nitrogen and oxygen atoms in total. The fourth-order valence-electron chi connectivity index (χ4n) is 1.29. The molecule has 1 aromatic carbocycles. The van der Waals surface area contributed by atoms with Gasteiger partial charge >= 0.3 is 0 Å². The standard InChI is InChI=1S/C9H8Cl2N6O/c10-6-2-4(12)1-5(8(6)11)9(18)13-3-7-14-16-17-15-7/h1-2H,3,12H2,(H,13,18)(H,14,15,16,17). The van der Waals surface area contributed by atoms with Crippen LogP contribution in [0.3, 0.4) is 0 Å². The predicted molar refractivity (Wildman–Crippen MR) is 66.2 cm³/mol. The van der Waals surface area contributed by atoms with Crippen LogP contribution in [0.25, 0.3) is 0 Å². The average molecular weight is 287 g/mol. The summed E-state index contributed by atoms with van der Waals surface area (Å²) in [5.41, 5.74) is 6.15. The van der Waals surface area contributed by atoms with Gasteiger partial charge in [-0.05, 0) is 12.1 Å². The lowest BCUT2D eigenvalue weighted by Gasteiger charge is -2.07. The van der Waals surface area contributed by atoms with Crippen molar-refractivity contribution in [1.82, 2.24) is 25.9 Å². The molecule has 1 heterocycles. The fraction of sp³-hybridized carbons (Fsp3) is 0.111. The van der Waals surface area contributed by atoms with E-state index in [1.165, 1.54) is 12.1 Å². The second kappa shape index (κ2) is 5.19. The quantitative estimate of drug-likeness (QED) is 0.730. The number of hydrogen-bond donors (Lipinski definition) is 3. The Bertz CT molecular complexity index is 571. The Morgan fingerprint density at radius 3 is 2.89 bits per heavy atom. The molecule has 0 aliphatic rings. The highest BCUT2D eigenvalue weighted by molar-refractivity contribution is 6.44. The van der Waals surface area contributed by atoms with Crippen molar-refractivity contribution in [3.05, 3.63) is 33.6 Å². The lowest BCUT2D eigenvalue weighted by atomic mass is 10.2. The zero-order valence-corrected chi connectivity index (χ0v) is 10.5. The number of anilines is 1. The molecule has 2 aromatic rings. The molecule has 0 saturated carbocycles. The first-order valence-electron chi connectivity index (χ1n) is 4.83. The number of halogens is 2. The van der Waals surface area contributed by atoms with Crippen molar-refractivity contribution < 1.29 is 4.79 Å². The number of tetrazole rings is 1. The third-order valence-electron chi connectivity index (χ3n) is 2.09. The Hall–Kier alpha value is -1.86. The first kappa shape index (κ1) is 12.6. The molecule has 1 aromatic heterocycles. The van der Waals surface area contributed by atoms with Gasteiger partial charge in [0.1, 0.15) is 0 Å². The molecule has 0 atom stereocenters. The molecule has 0 aliphatic heterocycles. The van der Waals surface area contributed by atoms with E-state index in [0.717, 1.165) is 0 Å². The van der Waals surface area contributed by atoms with Crippen molar-refractivity contribution in [2.75, 3.05) is 5.73 Å². The Kier molecular flexibility index (Phi) is 3.63. The maximum Gasteiger partial charge on any atom is 0.253 e. The second-order valence-electron chi connectivity index (χ2n) is 3.37. The van der Waals surface area contributed by atoms with Crippen molar-refractivity contribution in [3.63, 3.8) is 0 Å². The van der Waals surface area contributed by atoms with E-state index >= 15 is 0 Å². The molecule has 0 radical (unpaired) electrons. The number of H-pyrrole nitrogens is 1. The maximum absolute atomic E-state index is 11.9. The zero-order valence-electron chi connectivity index (χ0n) is 8.94. The number of nitrogens with zero attached hydrogens (tertiary/aromatic N) is 3. The number of aromatic amines is 1. The van der Waals surface area contributed by atoms with Crippen LogP contribution in [0.1, 0.15) is 16.2 Å². The van der Waals surface area contributed by atoms with Crippen LogP contribution in [0.5, 0.6) is 0 Å². The van der Waals surface area contributed by atoms with Gasteiger partial charge < -0.3 is 11.1 Å². The summed E-state index contributed by atoms with van der Waals surface area (Å²) in [6.45, 7) is 0.123. The van der Waals surface area contributed by atoms with Crippen molar-refractivity contribution in [1.29, 1.82) is 0 Å². The first-order chi connectivity index (χ1) is 8.58. The lowest BCUT2D eigenvalue weighted by Crippen LogP contribution is -2.24. The predicted octanol–water partition coefficient (Wildman–Crippen LogP) is 1.02. The van der Waals surface area contributed by atoms with E-state index in [1.54, 1.807) is 0 Å². The van der Waals surface area contributed by atoms with Crippen LogP contribution in [-0.4, -0.2) is 26.5 Å². The topological polar surface area (TPSA) is 110 Å². The molecule has 0 spiro atoms. The van der Waals surface area contributed by atoms with E-state index in [0.29, 0.717) is 11.5 Å². The summed E-state index contributed by atoms with van der Waals surface area (Å²) in [4.78, 5) is 11.9. The molecule has 0 saturated heterocycles. The third kappa shape index (κ3) is 2.69. The van der Waals surface area contributed by atoms with Crippen LogP contribution >= 0.6 is 23.2 Å². The molecule has 0 fully saturated rings. The van der Waals surface area contributed by atoms with Gasteiger partial charge in [0.2, 0.25) is 0 Å². The molecule has 18 heavy (non-hydrogen) atoms. The lowest BCUT2D eigenvalue weighted by molar-refractivity contribution is 0.0950. The highest BCUT2D eigenvalue weighted by atomic mass is 35.5. The number of nitrogen functional groups attached to an aromatic ring is 1. The van der Waals surface area contributed by atoms with Crippen LogP contribution in [0.4, 0.5) is 5.69 Å². The summed E-state index contributed by atoms with van der Waals surface area (Å²) in [6, 6.07) is 2.92. The van der Waals surface area contributed by atoms with Gasteiger partial charge in [0, 0.05) is 5.69 Å². The number of aromatic nitrogens is 4. The summed E-state index contributed by atoms with van der Waals surface area (Å²) in [5.74, 6) is -0.0616. The monoisotopic (exact) mass is 286 g/mol. The number of amides is 1. The third-order valence-corrected chi connectivity index (χ3v) is 2.89. The van der Waals surface area contributed by atoms with Crippen molar-refractivity contribution in [2.24, 2.45) is 0 Å². The van der Waals surface area contributed by atoms with Crippen molar-refractivity contribution in [3.8, 4) is 0 Å². The molecule has 94 valence electrons. The first-order valence-corrected chi connectivity index (χ1v) is 5.58. The summed E-state index contributed by atoms with van der Waals surface area (Å²) in [7, 11) is 0. The van der Waals surface area contributed by atoms with Crippen LogP contribution in [0, 0.1) is 0 Å². The van der Waals surface area contributed by atoms with Gasteiger partial charge in [-0.15, -0.1) is 10.2 Å². The van der Waals surface area contributed by atoms with Crippen LogP contribution in [-0.2, 0) is 6.54 Å². The highest BCUT2D eigenvalue weighted by Gasteiger charge is 2.14. The summed E-state index contributed by atoms with van der Waals surface area (Å²) < 4.78 is 0. The van der Waals surface area contributed by atoms with Gasteiger partial charge in [0.25, 0.3) is 5.91 Å². The Morgan fingerprint density at radius 2 is 2.22 bits per heavy atom. The van der Waals surface area contributed by atoms with Gasteiger partial charge in [-0.1, -0.05) is 28.4 Å². The second-order valence-corrected chi connectivity index (χ2v) is 4.16. The number of carbonyl (C=O) groups is 1. The van der Waals surface area contributed by atoms with Gasteiger partial charge in [0.15, 0.2) is 5.82 Å². The van der Waals surface area contributed by atoms with Gasteiger partial charge in [-0.2, -0.15) is 5.21 Å². The summed E-state index contributed by atoms with van der Waals surface area (Å²) in [5, 5.41) is 16.0. The molecule has 4 N–H and O–H groups in total. The zero-order chi connectivity index (χ0) is 13.1. The maximum atomic E-state index is 11.9. The number of benzene rings is 1. The summed E-state index contributed by atoms with van der Waals surface area (Å²) >= 11 is 11.8. The van der Waals surface area contributed by atoms with E-state index in [-0.39, 0.29) is 22.2 Å². The number of hydrogen-bond acceptors (Lipinski definition) is 5. The van der Waals surface area contributed by atoms with Crippen LogP contribution < -0.4 is 11.1 Å². The number of rotatable bonds is 3. The molecule has 0 aliphatic carbocycles.